The van der Waals surface area contributed by atoms with E-state index in [1.54, 1.807) is 7.11 Å². The summed E-state index contributed by atoms with van der Waals surface area (Å²) in [5.74, 6) is -0.104. The zero-order valence-electron chi connectivity index (χ0n) is 14.3. The summed E-state index contributed by atoms with van der Waals surface area (Å²) >= 11 is 0. The second-order valence-electron chi connectivity index (χ2n) is 5.59. The Labute approximate surface area is 146 Å². The lowest BCUT2D eigenvalue weighted by Crippen LogP contribution is -2.38. The molecular weight excluding hydrogens is 323 g/mol. The maximum atomic E-state index is 12.9. The van der Waals surface area contributed by atoms with E-state index in [1.807, 2.05) is 24.3 Å². The lowest BCUT2D eigenvalue weighted by Gasteiger charge is -2.20. The van der Waals surface area contributed by atoms with Crippen molar-refractivity contribution in [2.24, 2.45) is 0 Å². The van der Waals surface area contributed by atoms with Crippen molar-refractivity contribution in [1.29, 1.82) is 0 Å². The van der Waals surface area contributed by atoms with Crippen molar-refractivity contribution >= 4 is 17.5 Å². The first-order valence-corrected chi connectivity index (χ1v) is 7.92. The van der Waals surface area contributed by atoms with Crippen LogP contribution >= 0.6 is 0 Å². The zero-order valence-corrected chi connectivity index (χ0v) is 14.3. The van der Waals surface area contributed by atoms with Crippen LogP contribution in [0.5, 0.6) is 5.75 Å². The summed E-state index contributed by atoms with van der Waals surface area (Å²) in [6.07, 6.45) is 0.632. The number of hydrogen-bond acceptors (Lipinski definition) is 3. The van der Waals surface area contributed by atoms with Gasteiger partial charge in [0.2, 0.25) is 11.8 Å². The number of anilines is 1. The molecule has 2 aromatic carbocycles. The summed E-state index contributed by atoms with van der Waals surface area (Å²) in [5, 5.41) is 2.65. The number of carbonyl (C=O) groups is 2. The third kappa shape index (κ3) is 5.91. The maximum Gasteiger partial charge on any atom is 0.243 e. The Balaban J connectivity index is 1.89. The highest BCUT2D eigenvalue weighted by molar-refractivity contribution is 5.94. The molecule has 0 fully saturated rings. The van der Waals surface area contributed by atoms with Gasteiger partial charge in [-0.3, -0.25) is 9.59 Å². The third-order valence-corrected chi connectivity index (χ3v) is 3.74. The van der Waals surface area contributed by atoms with Crippen molar-refractivity contribution in [3.63, 3.8) is 0 Å². The summed E-state index contributed by atoms with van der Waals surface area (Å²) in [7, 11) is 1.60. The van der Waals surface area contributed by atoms with Crippen LogP contribution in [0.1, 0.15) is 12.5 Å². The second-order valence-corrected chi connectivity index (χ2v) is 5.59. The molecule has 0 bridgehead atoms. The van der Waals surface area contributed by atoms with Crippen LogP contribution in [0.4, 0.5) is 10.1 Å². The fourth-order valence-electron chi connectivity index (χ4n) is 2.31. The van der Waals surface area contributed by atoms with Crippen LogP contribution in [0, 0.1) is 5.82 Å². The highest BCUT2D eigenvalue weighted by Gasteiger charge is 2.14. The second kappa shape index (κ2) is 8.82. The van der Waals surface area contributed by atoms with Gasteiger partial charge in [0.25, 0.3) is 0 Å². The van der Waals surface area contributed by atoms with Gasteiger partial charge in [-0.25, -0.2) is 4.39 Å². The van der Waals surface area contributed by atoms with Gasteiger partial charge >= 0.3 is 0 Å². The average Bonchev–Trinajstić information content (AvgIpc) is 2.60. The first kappa shape index (κ1) is 18.4. The van der Waals surface area contributed by atoms with Crippen molar-refractivity contribution in [2.75, 3.05) is 25.5 Å². The summed E-state index contributed by atoms with van der Waals surface area (Å²) in [4.78, 5) is 25.3. The van der Waals surface area contributed by atoms with E-state index in [2.05, 4.69) is 5.32 Å². The number of amides is 2. The molecule has 0 saturated carbocycles. The SMILES string of the molecule is COc1ccc(CCN(CC(=O)Nc2ccc(F)cc2)C(C)=O)cc1. The Hall–Kier alpha value is -2.89. The number of carbonyl (C=O) groups excluding carboxylic acids is 2. The van der Waals surface area contributed by atoms with Crippen LogP contribution in [0.3, 0.4) is 0 Å². The average molecular weight is 344 g/mol. The summed E-state index contributed by atoms with van der Waals surface area (Å²) in [5.41, 5.74) is 1.54. The lowest BCUT2D eigenvalue weighted by atomic mass is 10.1. The molecule has 0 aliphatic rings. The molecule has 5 nitrogen and oxygen atoms in total. The predicted molar refractivity (Wildman–Crippen MR) is 94.0 cm³/mol. The topological polar surface area (TPSA) is 58.6 Å². The van der Waals surface area contributed by atoms with Crippen LogP contribution in [0.2, 0.25) is 0 Å². The fourth-order valence-corrected chi connectivity index (χ4v) is 2.31. The summed E-state index contributed by atoms with van der Waals surface area (Å²) in [6, 6.07) is 13.0. The molecule has 0 atom stereocenters. The highest BCUT2D eigenvalue weighted by Crippen LogP contribution is 2.12. The van der Waals surface area contributed by atoms with Crippen molar-refractivity contribution in [3.05, 3.63) is 59.9 Å². The molecule has 2 rings (SSSR count). The number of ether oxygens (including phenoxy) is 1. The number of benzene rings is 2. The largest absolute Gasteiger partial charge is 0.497 e. The van der Waals surface area contributed by atoms with Gasteiger partial charge in [0, 0.05) is 19.2 Å². The van der Waals surface area contributed by atoms with Gasteiger partial charge in [-0.1, -0.05) is 12.1 Å². The van der Waals surface area contributed by atoms with Gasteiger partial charge < -0.3 is 15.0 Å². The molecule has 0 aromatic heterocycles. The zero-order chi connectivity index (χ0) is 18.2. The van der Waals surface area contributed by atoms with E-state index in [0.29, 0.717) is 18.7 Å². The van der Waals surface area contributed by atoms with Crippen LogP contribution in [-0.4, -0.2) is 36.9 Å². The summed E-state index contributed by atoms with van der Waals surface area (Å²) in [6.45, 7) is 1.81. The standard InChI is InChI=1S/C19H21FN2O3/c1-14(23)22(12-11-15-3-9-18(25-2)10-4-15)13-19(24)21-17-7-5-16(20)6-8-17/h3-10H,11-13H2,1-2H3,(H,21,24). The molecule has 0 spiro atoms. The Morgan fingerprint density at radius 3 is 2.28 bits per heavy atom. The van der Waals surface area contributed by atoms with Crippen molar-refractivity contribution < 1.29 is 18.7 Å². The molecule has 0 radical (unpaired) electrons. The molecule has 0 aliphatic heterocycles. The van der Waals surface area contributed by atoms with E-state index in [0.717, 1.165) is 11.3 Å². The Bertz CT molecular complexity index is 714. The minimum absolute atomic E-state index is 0.0527. The minimum atomic E-state index is -0.372. The van der Waals surface area contributed by atoms with E-state index >= 15 is 0 Å². The molecule has 0 aliphatic carbocycles. The number of methoxy groups -OCH3 is 1. The van der Waals surface area contributed by atoms with Crippen molar-refractivity contribution in [2.45, 2.75) is 13.3 Å². The molecule has 2 aromatic rings. The number of rotatable bonds is 7. The van der Waals surface area contributed by atoms with E-state index < -0.39 is 0 Å². The van der Waals surface area contributed by atoms with Crippen LogP contribution in [-0.2, 0) is 16.0 Å². The Morgan fingerprint density at radius 2 is 1.72 bits per heavy atom. The van der Waals surface area contributed by atoms with Gasteiger partial charge in [0.05, 0.1) is 13.7 Å². The Morgan fingerprint density at radius 1 is 1.08 bits per heavy atom. The molecular formula is C19H21FN2O3. The number of halogens is 1. The van der Waals surface area contributed by atoms with Crippen LogP contribution < -0.4 is 10.1 Å². The molecule has 1 N–H and O–H groups in total. The minimum Gasteiger partial charge on any atom is -0.497 e. The van der Waals surface area contributed by atoms with Gasteiger partial charge in [0.1, 0.15) is 11.6 Å². The van der Waals surface area contributed by atoms with E-state index in [-0.39, 0.29) is 24.2 Å². The van der Waals surface area contributed by atoms with Crippen molar-refractivity contribution in [3.8, 4) is 5.75 Å². The van der Waals surface area contributed by atoms with E-state index in [9.17, 15) is 14.0 Å². The molecule has 132 valence electrons. The molecule has 25 heavy (non-hydrogen) atoms. The number of hydrogen-bond donors (Lipinski definition) is 1. The predicted octanol–water partition coefficient (Wildman–Crippen LogP) is 2.86. The monoisotopic (exact) mass is 344 g/mol. The first-order valence-electron chi connectivity index (χ1n) is 7.92. The number of nitrogens with zero attached hydrogens (tertiary/aromatic N) is 1. The van der Waals surface area contributed by atoms with Gasteiger partial charge in [-0.2, -0.15) is 0 Å². The normalized spacial score (nSPS) is 10.2. The van der Waals surface area contributed by atoms with Gasteiger partial charge in [-0.15, -0.1) is 0 Å². The first-order chi connectivity index (χ1) is 12.0. The number of nitrogens with one attached hydrogen (secondary N) is 1. The maximum absolute atomic E-state index is 12.9. The third-order valence-electron chi connectivity index (χ3n) is 3.74. The lowest BCUT2D eigenvalue weighted by molar-refractivity contribution is -0.132. The molecule has 6 heteroatoms. The smallest absolute Gasteiger partial charge is 0.243 e. The van der Waals surface area contributed by atoms with Gasteiger partial charge in [0.15, 0.2) is 0 Å². The molecule has 0 heterocycles. The Kier molecular flexibility index (Phi) is 6.51. The van der Waals surface area contributed by atoms with Crippen LogP contribution in [0.25, 0.3) is 0 Å². The fraction of sp³-hybridized carbons (Fsp3) is 0.263. The molecule has 2 amide bonds. The highest BCUT2D eigenvalue weighted by atomic mass is 19.1. The van der Waals surface area contributed by atoms with E-state index in [1.165, 1.54) is 36.1 Å². The van der Waals surface area contributed by atoms with E-state index in [4.69, 9.17) is 4.74 Å². The quantitative estimate of drug-likeness (QED) is 0.840. The van der Waals surface area contributed by atoms with Crippen LogP contribution in [0.15, 0.2) is 48.5 Å². The summed E-state index contributed by atoms with van der Waals surface area (Å²) < 4.78 is 18.0. The van der Waals surface area contributed by atoms with Gasteiger partial charge in [-0.05, 0) is 48.4 Å². The molecule has 0 saturated heterocycles. The van der Waals surface area contributed by atoms with Crippen molar-refractivity contribution in [1.82, 2.24) is 4.90 Å². The molecule has 0 unspecified atom stereocenters.